The SMILES string of the molecule is CCOC(=O)c1cccc(N2CC(O)=C(c3nc4ccc(C)cc4[nH]3)C2=N)c1. The van der Waals surface area contributed by atoms with E-state index in [4.69, 9.17) is 10.1 Å². The zero-order valence-electron chi connectivity index (χ0n) is 15.6. The summed E-state index contributed by atoms with van der Waals surface area (Å²) in [5.41, 5.74) is 4.11. The van der Waals surface area contributed by atoms with Crippen LogP contribution in [-0.2, 0) is 4.74 Å². The first-order valence-corrected chi connectivity index (χ1v) is 9.00. The Morgan fingerprint density at radius 3 is 2.93 bits per heavy atom. The van der Waals surface area contributed by atoms with E-state index >= 15 is 0 Å². The number of aryl methyl sites for hydroxylation is 1. The van der Waals surface area contributed by atoms with Crippen LogP contribution in [0.1, 0.15) is 28.7 Å². The van der Waals surface area contributed by atoms with Gasteiger partial charge in [-0.1, -0.05) is 12.1 Å². The Morgan fingerprint density at radius 2 is 2.14 bits per heavy atom. The standard InChI is InChI=1S/C21H20N4O3/c1-3-28-21(27)13-5-4-6-14(10-13)25-11-17(26)18(19(25)22)20-23-15-8-7-12(2)9-16(15)24-20/h4-10,22,26H,3,11H2,1-2H3,(H,23,24). The number of imidazole rings is 1. The van der Waals surface area contributed by atoms with Gasteiger partial charge in [-0.2, -0.15) is 0 Å². The number of ether oxygens (including phenoxy) is 1. The number of carbonyl (C=O) groups excluding carboxylic acids is 1. The molecule has 0 fully saturated rings. The molecule has 3 aromatic rings. The molecule has 0 aliphatic carbocycles. The highest BCUT2D eigenvalue weighted by molar-refractivity contribution is 6.30. The number of nitrogens with one attached hydrogen (secondary N) is 2. The summed E-state index contributed by atoms with van der Waals surface area (Å²) in [4.78, 5) is 21.3. The zero-order chi connectivity index (χ0) is 19.8. The average Bonchev–Trinajstić information content (AvgIpc) is 3.21. The van der Waals surface area contributed by atoms with Crippen molar-refractivity contribution in [3.63, 3.8) is 0 Å². The van der Waals surface area contributed by atoms with Gasteiger partial charge in [-0.25, -0.2) is 9.78 Å². The van der Waals surface area contributed by atoms with E-state index in [9.17, 15) is 9.90 Å². The van der Waals surface area contributed by atoms with Crippen molar-refractivity contribution in [2.24, 2.45) is 0 Å². The van der Waals surface area contributed by atoms with E-state index in [0.717, 1.165) is 16.6 Å². The van der Waals surface area contributed by atoms with Crippen molar-refractivity contribution >= 4 is 34.1 Å². The number of nitrogens with zero attached hydrogens (tertiary/aromatic N) is 2. The minimum atomic E-state index is -0.417. The molecule has 2 heterocycles. The summed E-state index contributed by atoms with van der Waals surface area (Å²) in [6.07, 6.45) is 0. The van der Waals surface area contributed by atoms with Gasteiger partial charge in [0.05, 0.1) is 35.3 Å². The highest BCUT2D eigenvalue weighted by Gasteiger charge is 2.31. The van der Waals surface area contributed by atoms with Crippen molar-refractivity contribution in [2.45, 2.75) is 13.8 Å². The number of amidine groups is 1. The van der Waals surface area contributed by atoms with Gasteiger partial charge in [-0.05, 0) is 49.7 Å². The van der Waals surface area contributed by atoms with E-state index in [0.29, 0.717) is 29.3 Å². The number of benzene rings is 2. The van der Waals surface area contributed by atoms with Crippen LogP contribution in [0.3, 0.4) is 0 Å². The number of hydrogen-bond acceptors (Lipinski definition) is 5. The monoisotopic (exact) mass is 376 g/mol. The molecule has 0 saturated carbocycles. The van der Waals surface area contributed by atoms with E-state index in [-0.39, 0.29) is 18.1 Å². The van der Waals surface area contributed by atoms with E-state index in [1.165, 1.54) is 0 Å². The molecule has 0 bridgehead atoms. The molecule has 1 aliphatic rings. The smallest absolute Gasteiger partial charge is 0.338 e. The number of hydrogen-bond donors (Lipinski definition) is 3. The third kappa shape index (κ3) is 3.00. The summed E-state index contributed by atoms with van der Waals surface area (Å²) < 4.78 is 5.04. The topological polar surface area (TPSA) is 102 Å². The van der Waals surface area contributed by atoms with Gasteiger partial charge in [-0.3, -0.25) is 5.41 Å². The number of aromatic nitrogens is 2. The predicted molar refractivity (Wildman–Crippen MR) is 108 cm³/mol. The molecule has 0 amide bonds. The molecular weight excluding hydrogens is 356 g/mol. The summed E-state index contributed by atoms with van der Waals surface area (Å²) in [6, 6.07) is 12.7. The first-order chi connectivity index (χ1) is 13.5. The number of anilines is 1. The fourth-order valence-electron chi connectivity index (χ4n) is 3.31. The molecule has 0 saturated heterocycles. The molecule has 142 valence electrons. The summed E-state index contributed by atoms with van der Waals surface area (Å²) in [7, 11) is 0. The van der Waals surface area contributed by atoms with Crippen LogP contribution in [-0.4, -0.2) is 40.0 Å². The number of aromatic amines is 1. The fourth-order valence-corrected chi connectivity index (χ4v) is 3.31. The molecule has 1 aromatic heterocycles. The molecule has 7 heteroatoms. The molecule has 28 heavy (non-hydrogen) atoms. The zero-order valence-corrected chi connectivity index (χ0v) is 15.6. The second-order valence-electron chi connectivity index (χ2n) is 6.63. The fraction of sp³-hybridized carbons (Fsp3) is 0.190. The normalized spacial score (nSPS) is 14.2. The summed E-state index contributed by atoms with van der Waals surface area (Å²) >= 11 is 0. The van der Waals surface area contributed by atoms with Crippen LogP contribution in [0.15, 0.2) is 48.2 Å². The molecule has 0 atom stereocenters. The van der Waals surface area contributed by atoms with Gasteiger partial charge in [0.25, 0.3) is 0 Å². The maximum Gasteiger partial charge on any atom is 0.338 e. The van der Waals surface area contributed by atoms with Crippen molar-refractivity contribution in [3.8, 4) is 0 Å². The molecule has 0 unspecified atom stereocenters. The van der Waals surface area contributed by atoms with Gasteiger partial charge in [-0.15, -0.1) is 0 Å². The van der Waals surface area contributed by atoms with Gasteiger partial charge in [0.1, 0.15) is 17.4 Å². The maximum atomic E-state index is 12.0. The lowest BCUT2D eigenvalue weighted by Crippen LogP contribution is -2.26. The maximum absolute atomic E-state index is 12.0. The molecule has 0 spiro atoms. The third-order valence-electron chi connectivity index (χ3n) is 4.65. The first kappa shape index (κ1) is 17.8. The van der Waals surface area contributed by atoms with Crippen molar-refractivity contribution in [2.75, 3.05) is 18.1 Å². The molecule has 4 rings (SSSR count). The quantitative estimate of drug-likeness (QED) is 0.601. The molecular formula is C21H20N4O3. The van der Waals surface area contributed by atoms with Gasteiger partial charge in [0.2, 0.25) is 0 Å². The first-order valence-electron chi connectivity index (χ1n) is 9.00. The van der Waals surface area contributed by atoms with Crippen LogP contribution in [0.4, 0.5) is 5.69 Å². The van der Waals surface area contributed by atoms with Crippen LogP contribution in [0, 0.1) is 12.3 Å². The third-order valence-corrected chi connectivity index (χ3v) is 4.65. The lowest BCUT2D eigenvalue weighted by Gasteiger charge is -2.19. The second kappa shape index (κ2) is 6.84. The van der Waals surface area contributed by atoms with Gasteiger partial charge in [0, 0.05) is 5.69 Å². The van der Waals surface area contributed by atoms with Crippen molar-refractivity contribution in [3.05, 3.63) is 65.2 Å². The Kier molecular flexibility index (Phi) is 4.35. The Morgan fingerprint density at radius 1 is 1.32 bits per heavy atom. The van der Waals surface area contributed by atoms with Crippen molar-refractivity contribution in [1.82, 2.24) is 9.97 Å². The van der Waals surface area contributed by atoms with Crippen LogP contribution < -0.4 is 4.90 Å². The van der Waals surface area contributed by atoms with Gasteiger partial charge in [0.15, 0.2) is 0 Å². The Balaban J connectivity index is 1.66. The van der Waals surface area contributed by atoms with E-state index in [1.807, 2.05) is 25.1 Å². The summed E-state index contributed by atoms with van der Waals surface area (Å²) in [5.74, 6) is 0.212. The highest BCUT2D eigenvalue weighted by Crippen LogP contribution is 2.31. The number of aliphatic hydroxyl groups is 1. The summed E-state index contributed by atoms with van der Waals surface area (Å²) in [6.45, 7) is 4.17. The highest BCUT2D eigenvalue weighted by atomic mass is 16.5. The molecule has 7 nitrogen and oxygen atoms in total. The minimum Gasteiger partial charge on any atom is -0.509 e. The van der Waals surface area contributed by atoms with Crippen molar-refractivity contribution in [1.29, 1.82) is 5.41 Å². The minimum absolute atomic E-state index is 0.0577. The second-order valence-corrected chi connectivity index (χ2v) is 6.63. The van der Waals surface area contributed by atoms with Crippen LogP contribution in [0.5, 0.6) is 0 Å². The van der Waals surface area contributed by atoms with E-state index < -0.39 is 5.97 Å². The number of rotatable bonds is 4. The lowest BCUT2D eigenvalue weighted by molar-refractivity contribution is 0.0526. The number of fused-ring (bicyclic) bond motifs is 1. The van der Waals surface area contributed by atoms with Gasteiger partial charge >= 0.3 is 5.97 Å². The molecule has 3 N–H and O–H groups in total. The van der Waals surface area contributed by atoms with E-state index in [1.54, 1.807) is 36.1 Å². The Hall–Kier alpha value is -3.61. The lowest BCUT2D eigenvalue weighted by atomic mass is 10.2. The summed E-state index contributed by atoms with van der Waals surface area (Å²) in [5, 5.41) is 19.1. The van der Waals surface area contributed by atoms with Crippen LogP contribution in [0.2, 0.25) is 0 Å². The number of carbonyl (C=O) groups is 1. The average molecular weight is 376 g/mol. The van der Waals surface area contributed by atoms with Gasteiger partial charge < -0.3 is 19.7 Å². The Bertz CT molecular complexity index is 1130. The number of aliphatic hydroxyl groups excluding tert-OH is 1. The number of H-pyrrole nitrogens is 1. The number of esters is 1. The van der Waals surface area contributed by atoms with E-state index in [2.05, 4.69) is 9.97 Å². The molecule has 0 radical (unpaired) electrons. The predicted octanol–water partition coefficient (Wildman–Crippen LogP) is 3.81. The van der Waals surface area contributed by atoms with Crippen LogP contribution in [0.25, 0.3) is 16.6 Å². The molecule has 2 aromatic carbocycles. The molecule has 1 aliphatic heterocycles. The van der Waals surface area contributed by atoms with Crippen molar-refractivity contribution < 1.29 is 14.6 Å². The Labute approximate surface area is 161 Å². The largest absolute Gasteiger partial charge is 0.509 e. The van der Waals surface area contributed by atoms with Crippen LogP contribution >= 0.6 is 0 Å².